The van der Waals surface area contributed by atoms with Crippen molar-refractivity contribution in [2.45, 2.75) is 6.92 Å². The van der Waals surface area contributed by atoms with Crippen LogP contribution in [0.25, 0.3) is 0 Å². The quantitative estimate of drug-likeness (QED) is 0.682. The molecule has 0 aliphatic carbocycles. The number of benzene rings is 1. The number of aromatic nitrogens is 2. The lowest BCUT2D eigenvalue weighted by Crippen LogP contribution is -2.13. The Balaban J connectivity index is 2.25. The van der Waals surface area contributed by atoms with Gasteiger partial charge in [-0.25, -0.2) is 14.4 Å². The third-order valence-electron chi connectivity index (χ3n) is 2.26. The van der Waals surface area contributed by atoms with Gasteiger partial charge in [0.25, 0.3) is 5.91 Å². The number of carbonyl (C=O) groups is 1. The Morgan fingerprint density at radius 1 is 1.32 bits per heavy atom. The zero-order valence-electron chi connectivity index (χ0n) is 9.75. The second kappa shape index (κ2) is 5.50. The lowest BCUT2D eigenvalue weighted by Gasteiger charge is -2.07. The van der Waals surface area contributed by atoms with Crippen LogP contribution >= 0.6 is 23.2 Å². The van der Waals surface area contributed by atoms with Gasteiger partial charge in [-0.15, -0.1) is 0 Å². The highest BCUT2D eigenvalue weighted by molar-refractivity contribution is 6.34. The molecule has 2 rings (SSSR count). The summed E-state index contributed by atoms with van der Waals surface area (Å²) >= 11 is 11.3. The summed E-state index contributed by atoms with van der Waals surface area (Å²) in [6.07, 6.45) is 1.21. The molecule has 2 aromatic rings. The van der Waals surface area contributed by atoms with E-state index in [2.05, 4.69) is 15.3 Å². The van der Waals surface area contributed by atoms with E-state index in [1.165, 1.54) is 18.3 Å². The van der Waals surface area contributed by atoms with E-state index in [0.29, 0.717) is 11.3 Å². The van der Waals surface area contributed by atoms with Gasteiger partial charge in [0.15, 0.2) is 0 Å². The van der Waals surface area contributed by atoms with Crippen molar-refractivity contribution in [3.8, 4) is 0 Å². The largest absolute Gasteiger partial charge is 0.322 e. The number of amides is 1. The predicted molar refractivity (Wildman–Crippen MR) is 71.1 cm³/mol. The van der Waals surface area contributed by atoms with E-state index in [0.717, 1.165) is 0 Å². The minimum absolute atomic E-state index is 0.0526. The van der Waals surface area contributed by atoms with E-state index in [9.17, 15) is 9.18 Å². The van der Waals surface area contributed by atoms with Crippen LogP contribution in [0.15, 0.2) is 24.4 Å². The Labute approximate surface area is 118 Å². The first-order chi connectivity index (χ1) is 8.95. The number of nitrogens with one attached hydrogen (secondary N) is 1. The van der Waals surface area contributed by atoms with Gasteiger partial charge in [-0.05, 0) is 42.3 Å². The van der Waals surface area contributed by atoms with Gasteiger partial charge in [0.2, 0.25) is 5.28 Å². The Bertz CT molecular complexity index is 629. The molecule has 98 valence electrons. The summed E-state index contributed by atoms with van der Waals surface area (Å²) in [6.45, 7) is 1.72. The molecule has 19 heavy (non-hydrogen) atoms. The highest BCUT2D eigenvalue weighted by Gasteiger charge is 2.13. The van der Waals surface area contributed by atoms with Crippen LogP contribution in [-0.2, 0) is 0 Å². The van der Waals surface area contributed by atoms with E-state index < -0.39 is 11.7 Å². The number of hydrogen-bond acceptors (Lipinski definition) is 3. The minimum atomic E-state index is -0.535. The molecule has 1 N–H and O–H groups in total. The minimum Gasteiger partial charge on any atom is -0.322 e. The van der Waals surface area contributed by atoms with Crippen molar-refractivity contribution in [2.24, 2.45) is 0 Å². The van der Waals surface area contributed by atoms with E-state index >= 15 is 0 Å². The SMILES string of the molecule is Cc1cc(F)cc(NC(=O)c2cnc(Cl)nc2Cl)c1. The lowest BCUT2D eigenvalue weighted by molar-refractivity contribution is 0.102. The van der Waals surface area contributed by atoms with Crippen molar-refractivity contribution < 1.29 is 9.18 Å². The fourth-order valence-corrected chi connectivity index (χ4v) is 1.89. The predicted octanol–water partition coefficient (Wildman–Crippen LogP) is 3.48. The first kappa shape index (κ1) is 13.7. The summed E-state index contributed by atoms with van der Waals surface area (Å²) in [5.74, 6) is -0.972. The molecule has 1 amide bonds. The van der Waals surface area contributed by atoms with Gasteiger partial charge in [-0.2, -0.15) is 0 Å². The van der Waals surface area contributed by atoms with Crippen LogP contribution in [-0.4, -0.2) is 15.9 Å². The van der Waals surface area contributed by atoms with Crippen molar-refractivity contribution in [1.82, 2.24) is 9.97 Å². The molecule has 1 aromatic carbocycles. The third kappa shape index (κ3) is 3.39. The number of nitrogens with zero attached hydrogens (tertiary/aromatic N) is 2. The summed E-state index contributed by atoms with van der Waals surface area (Å²) in [5.41, 5.74) is 1.08. The maximum absolute atomic E-state index is 13.2. The second-order valence-corrected chi connectivity index (χ2v) is 4.51. The summed E-state index contributed by atoms with van der Waals surface area (Å²) in [6, 6.07) is 4.19. The molecular formula is C12H8Cl2FN3O. The molecule has 7 heteroatoms. The average Bonchev–Trinajstić information content (AvgIpc) is 2.26. The van der Waals surface area contributed by atoms with Gasteiger partial charge < -0.3 is 5.32 Å². The summed E-state index contributed by atoms with van der Waals surface area (Å²) in [4.78, 5) is 19.3. The lowest BCUT2D eigenvalue weighted by atomic mass is 10.2. The summed E-state index contributed by atoms with van der Waals surface area (Å²) < 4.78 is 13.2. The molecule has 0 fully saturated rings. The Hall–Kier alpha value is -1.72. The molecule has 0 aliphatic heterocycles. The molecule has 1 aromatic heterocycles. The van der Waals surface area contributed by atoms with Crippen molar-refractivity contribution in [3.05, 3.63) is 51.8 Å². The number of rotatable bonds is 2. The van der Waals surface area contributed by atoms with Gasteiger partial charge in [-0.3, -0.25) is 4.79 Å². The van der Waals surface area contributed by atoms with Crippen LogP contribution in [0.1, 0.15) is 15.9 Å². The molecule has 0 radical (unpaired) electrons. The van der Waals surface area contributed by atoms with Gasteiger partial charge in [0, 0.05) is 11.9 Å². The average molecular weight is 300 g/mol. The van der Waals surface area contributed by atoms with Gasteiger partial charge in [-0.1, -0.05) is 11.6 Å². The Kier molecular flexibility index (Phi) is 3.97. The van der Waals surface area contributed by atoms with Crippen LogP contribution in [0.2, 0.25) is 10.4 Å². The molecule has 0 saturated heterocycles. The Morgan fingerprint density at radius 3 is 2.68 bits per heavy atom. The first-order valence-electron chi connectivity index (χ1n) is 5.22. The van der Waals surface area contributed by atoms with Gasteiger partial charge >= 0.3 is 0 Å². The van der Waals surface area contributed by atoms with Crippen LogP contribution in [0.4, 0.5) is 10.1 Å². The first-order valence-corrected chi connectivity index (χ1v) is 5.98. The molecule has 0 saturated carbocycles. The third-order valence-corrected chi connectivity index (χ3v) is 2.73. The smallest absolute Gasteiger partial charge is 0.260 e. The van der Waals surface area contributed by atoms with Crippen LogP contribution in [0.3, 0.4) is 0 Å². The molecule has 0 bridgehead atoms. The normalized spacial score (nSPS) is 10.3. The van der Waals surface area contributed by atoms with E-state index in [-0.39, 0.29) is 16.0 Å². The topological polar surface area (TPSA) is 54.9 Å². The maximum atomic E-state index is 13.2. The second-order valence-electron chi connectivity index (χ2n) is 3.81. The van der Waals surface area contributed by atoms with E-state index in [1.807, 2.05) is 0 Å². The van der Waals surface area contributed by atoms with Crippen molar-refractivity contribution in [2.75, 3.05) is 5.32 Å². The highest BCUT2D eigenvalue weighted by Crippen LogP contribution is 2.18. The van der Waals surface area contributed by atoms with Crippen LogP contribution in [0, 0.1) is 12.7 Å². The molecular weight excluding hydrogens is 292 g/mol. The zero-order chi connectivity index (χ0) is 14.0. The standard InChI is InChI=1S/C12H8Cl2FN3O/c1-6-2-7(15)4-8(3-6)17-11(19)9-5-16-12(14)18-10(9)13/h2-5H,1H3,(H,17,19). The molecule has 0 aliphatic rings. The van der Waals surface area contributed by atoms with Crippen molar-refractivity contribution in [1.29, 1.82) is 0 Å². The molecule has 0 spiro atoms. The highest BCUT2D eigenvalue weighted by atomic mass is 35.5. The van der Waals surface area contributed by atoms with Gasteiger partial charge in [0.05, 0.1) is 5.56 Å². The molecule has 1 heterocycles. The Morgan fingerprint density at radius 2 is 2.05 bits per heavy atom. The number of anilines is 1. The number of hydrogen-bond donors (Lipinski definition) is 1. The van der Waals surface area contributed by atoms with E-state index in [4.69, 9.17) is 23.2 Å². The summed E-state index contributed by atoms with van der Waals surface area (Å²) in [7, 11) is 0. The van der Waals surface area contributed by atoms with E-state index in [1.54, 1.807) is 13.0 Å². The fourth-order valence-electron chi connectivity index (χ4n) is 1.50. The van der Waals surface area contributed by atoms with Crippen LogP contribution in [0.5, 0.6) is 0 Å². The summed E-state index contributed by atoms with van der Waals surface area (Å²) in [5, 5.41) is 2.40. The number of halogens is 3. The monoisotopic (exact) mass is 299 g/mol. The molecule has 0 unspecified atom stereocenters. The fraction of sp³-hybridized carbons (Fsp3) is 0.0833. The van der Waals surface area contributed by atoms with Crippen molar-refractivity contribution >= 4 is 34.8 Å². The number of aryl methyl sites for hydroxylation is 1. The zero-order valence-corrected chi connectivity index (χ0v) is 11.3. The molecule has 4 nitrogen and oxygen atoms in total. The maximum Gasteiger partial charge on any atom is 0.260 e. The van der Waals surface area contributed by atoms with Crippen molar-refractivity contribution in [3.63, 3.8) is 0 Å². The molecule has 0 atom stereocenters. The van der Waals surface area contributed by atoms with Gasteiger partial charge in [0.1, 0.15) is 11.0 Å². The number of carbonyl (C=O) groups excluding carboxylic acids is 1. The van der Waals surface area contributed by atoms with Crippen LogP contribution < -0.4 is 5.32 Å².